The highest BCUT2D eigenvalue weighted by Crippen LogP contribution is 2.34. The van der Waals surface area contributed by atoms with Crippen molar-refractivity contribution >= 4 is 11.6 Å². The number of alkyl halides is 4. The van der Waals surface area contributed by atoms with Gasteiger partial charge in [-0.1, -0.05) is 12.1 Å². The van der Waals surface area contributed by atoms with Crippen LogP contribution in [0.15, 0.2) is 36.4 Å². The molecule has 0 aliphatic rings. The molecule has 0 fully saturated rings. The fraction of sp³-hybridized carbons (Fsp3) is 0.200. The van der Waals surface area contributed by atoms with Gasteiger partial charge in [0.1, 0.15) is 11.6 Å². The van der Waals surface area contributed by atoms with Crippen molar-refractivity contribution in [2.45, 2.75) is 18.5 Å². The van der Waals surface area contributed by atoms with Gasteiger partial charge in [0.05, 0.1) is 10.9 Å². The Morgan fingerprint density at radius 1 is 0.952 bits per heavy atom. The largest absolute Gasteiger partial charge is 0.416 e. The molecule has 112 valence electrons. The second kappa shape index (κ2) is 5.64. The fourth-order valence-electron chi connectivity index (χ4n) is 1.88. The molecular weight excluding hydrogens is 311 g/mol. The van der Waals surface area contributed by atoms with Gasteiger partial charge in [0.15, 0.2) is 0 Å². The van der Waals surface area contributed by atoms with E-state index in [0.717, 1.165) is 36.4 Å². The molecule has 6 heteroatoms. The lowest BCUT2D eigenvalue weighted by atomic mass is 10.0. The van der Waals surface area contributed by atoms with Gasteiger partial charge in [0.2, 0.25) is 0 Å². The molecule has 0 aromatic heterocycles. The Balaban J connectivity index is 2.36. The zero-order valence-electron chi connectivity index (χ0n) is 10.8. The maximum Gasteiger partial charge on any atom is 0.416 e. The molecule has 0 aliphatic carbocycles. The van der Waals surface area contributed by atoms with Crippen LogP contribution in [0.3, 0.4) is 0 Å². The molecule has 2 rings (SSSR count). The maximum atomic E-state index is 13.8. The quantitative estimate of drug-likeness (QED) is 0.497. The van der Waals surface area contributed by atoms with E-state index in [1.807, 2.05) is 0 Å². The average molecular weight is 321 g/mol. The maximum absolute atomic E-state index is 13.8. The summed E-state index contributed by atoms with van der Waals surface area (Å²) in [5.74, 6) is -1.32. The number of rotatable bonds is 2. The Morgan fingerprint density at radius 2 is 1.52 bits per heavy atom. The van der Waals surface area contributed by atoms with E-state index in [4.69, 9.17) is 11.6 Å². The van der Waals surface area contributed by atoms with Crippen LogP contribution in [0, 0.1) is 18.6 Å². The van der Waals surface area contributed by atoms with Crippen molar-refractivity contribution in [1.29, 1.82) is 0 Å². The first-order chi connectivity index (χ1) is 9.70. The summed E-state index contributed by atoms with van der Waals surface area (Å²) >= 11 is 6.04. The van der Waals surface area contributed by atoms with Gasteiger partial charge >= 0.3 is 6.18 Å². The normalized spacial score (nSPS) is 13.3. The predicted octanol–water partition coefficient (Wildman–Crippen LogP) is 5.62. The van der Waals surface area contributed by atoms with Crippen LogP contribution in [0.4, 0.5) is 22.0 Å². The fourth-order valence-corrected chi connectivity index (χ4v) is 2.19. The number of aryl methyl sites for hydroxylation is 1. The van der Waals surface area contributed by atoms with Gasteiger partial charge in [-0.25, -0.2) is 8.78 Å². The summed E-state index contributed by atoms with van der Waals surface area (Å²) in [5.41, 5.74) is -0.551. The van der Waals surface area contributed by atoms with Crippen molar-refractivity contribution in [2.24, 2.45) is 0 Å². The van der Waals surface area contributed by atoms with E-state index in [-0.39, 0.29) is 16.7 Å². The van der Waals surface area contributed by atoms with Crippen molar-refractivity contribution in [2.75, 3.05) is 0 Å². The van der Waals surface area contributed by atoms with E-state index in [9.17, 15) is 22.0 Å². The molecule has 2 aromatic carbocycles. The van der Waals surface area contributed by atoms with Gasteiger partial charge < -0.3 is 0 Å². The highest BCUT2D eigenvalue weighted by Gasteiger charge is 2.30. The molecule has 0 amide bonds. The third-order valence-corrected chi connectivity index (χ3v) is 3.57. The third kappa shape index (κ3) is 3.35. The molecule has 1 unspecified atom stereocenters. The van der Waals surface area contributed by atoms with E-state index < -0.39 is 28.8 Å². The number of halogens is 6. The lowest BCUT2D eigenvalue weighted by Crippen LogP contribution is -2.05. The van der Waals surface area contributed by atoms with Crippen LogP contribution < -0.4 is 0 Å². The minimum atomic E-state index is -4.46. The SMILES string of the molecule is Cc1cc(F)c(C(Cl)c2ccc(C(F)(F)F)cc2)cc1F. The smallest absolute Gasteiger partial charge is 0.207 e. The van der Waals surface area contributed by atoms with Crippen LogP contribution in [-0.4, -0.2) is 0 Å². The Kier molecular flexibility index (Phi) is 4.23. The first kappa shape index (κ1) is 15.8. The van der Waals surface area contributed by atoms with Crippen LogP contribution in [0.5, 0.6) is 0 Å². The molecule has 2 aromatic rings. The number of benzene rings is 2. The summed E-state index contributed by atoms with van der Waals surface area (Å²) in [5, 5.41) is -1.07. The molecule has 1 atom stereocenters. The van der Waals surface area contributed by atoms with Crippen molar-refractivity contribution in [3.8, 4) is 0 Å². The standard InChI is InChI=1S/C15H10ClF5/c1-8-6-13(18)11(7-12(8)17)14(16)9-2-4-10(5-3-9)15(19,20)21/h2-7,14H,1H3. The Labute approximate surface area is 123 Å². The van der Waals surface area contributed by atoms with Crippen molar-refractivity contribution < 1.29 is 22.0 Å². The number of hydrogen-bond acceptors (Lipinski definition) is 0. The molecule has 0 bridgehead atoms. The van der Waals surface area contributed by atoms with Crippen molar-refractivity contribution in [3.63, 3.8) is 0 Å². The van der Waals surface area contributed by atoms with Crippen molar-refractivity contribution in [3.05, 3.63) is 70.3 Å². The zero-order valence-corrected chi connectivity index (χ0v) is 11.6. The van der Waals surface area contributed by atoms with Gasteiger partial charge in [-0.05, 0) is 42.3 Å². The van der Waals surface area contributed by atoms with E-state index in [0.29, 0.717) is 0 Å². The van der Waals surface area contributed by atoms with E-state index in [2.05, 4.69) is 0 Å². The molecule has 0 saturated carbocycles. The second-order valence-corrected chi connectivity index (χ2v) is 5.04. The molecule has 0 aliphatic heterocycles. The Hall–Kier alpha value is -1.62. The minimum Gasteiger partial charge on any atom is -0.207 e. The molecule has 0 spiro atoms. The van der Waals surface area contributed by atoms with Crippen LogP contribution in [0.1, 0.15) is 27.6 Å². The first-order valence-electron chi connectivity index (χ1n) is 5.97. The molecule has 0 heterocycles. The van der Waals surface area contributed by atoms with Crippen LogP contribution in [0.25, 0.3) is 0 Å². The predicted molar refractivity (Wildman–Crippen MR) is 70.2 cm³/mol. The Morgan fingerprint density at radius 3 is 2.05 bits per heavy atom. The third-order valence-electron chi connectivity index (χ3n) is 3.08. The van der Waals surface area contributed by atoms with Crippen molar-refractivity contribution in [1.82, 2.24) is 0 Å². The van der Waals surface area contributed by atoms with E-state index >= 15 is 0 Å². The molecule has 0 nitrogen and oxygen atoms in total. The van der Waals surface area contributed by atoms with Crippen LogP contribution in [-0.2, 0) is 6.18 Å². The lowest BCUT2D eigenvalue weighted by molar-refractivity contribution is -0.137. The van der Waals surface area contributed by atoms with Gasteiger partial charge in [0, 0.05) is 5.56 Å². The van der Waals surface area contributed by atoms with Gasteiger partial charge in [-0.3, -0.25) is 0 Å². The molecular formula is C15H10ClF5. The van der Waals surface area contributed by atoms with Crippen LogP contribution >= 0.6 is 11.6 Å². The molecule has 0 radical (unpaired) electrons. The average Bonchev–Trinajstić information content (AvgIpc) is 2.41. The zero-order chi connectivity index (χ0) is 15.8. The molecule has 21 heavy (non-hydrogen) atoms. The highest BCUT2D eigenvalue weighted by molar-refractivity contribution is 6.22. The lowest BCUT2D eigenvalue weighted by Gasteiger charge is -2.14. The van der Waals surface area contributed by atoms with Crippen LogP contribution in [0.2, 0.25) is 0 Å². The van der Waals surface area contributed by atoms with Gasteiger partial charge in [0.25, 0.3) is 0 Å². The number of hydrogen-bond donors (Lipinski definition) is 0. The highest BCUT2D eigenvalue weighted by atomic mass is 35.5. The second-order valence-electron chi connectivity index (χ2n) is 4.61. The summed E-state index contributed by atoms with van der Waals surface area (Å²) in [6.45, 7) is 1.41. The summed E-state index contributed by atoms with van der Waals surface area (Å²) in [7, 11) is 0. The van der Waals surface area contributed by atoms with Gasteiger partial charge in [-0.15, -0.1) is 11.6 Å². The van der Waals surface area contributed by atoms with E-state index in [1.54, 1.807) is 0 Å². The minimum absolute atomic E-state index is 0.112. The van der Waals surface area contributed by atoms with E-state index in [1.165, 1.54) is 6.92 Å². The monoisotopic (exact) mass is 320 g/mol. The summed E-state index contributed by atoms with van der Waals surface area (Å²) in [4.78, 5) is 0. The molecule has 0 saturated heterocycles. The topological polar surface area (TPSA) is 0 Å². The molecule has 0 N–H and O–H groups in total. The Bertz CT molecular complexity index is 646. The summed E-state index contributed by atoms with van der Waals surface area (Å²) < 4.78 is 64.7. The summed E-state index contributed by atoms with van der Waals surface area (Å²) in [6.07, 6.45) is -4.46. The van der Waals surface area contributed by atoms with Gasteiger partial charge in [-0.2, -0.15) is 13.2 Å². The first-order valence-corrected chi connectivity index (χ1v) is 6.40. The summed E-state index contributed by atoms with van der Waals surface area (Å²) in [6, 6.07) is 5.97.